The second-order valence-electron chi connectivity index (χ2n) is 3.38. The van der Waals surface area contributed by atoms with Gasteiger partial charge in [0.2, 0.25) is 0 Å². The van der Waals surface area contributed by atoms with Crippen molar-refractivity contribution >= 4 is 44.7 Å². The molecule has 0 aliphatic heterocycles. The van der Waals surface area contributed by atoms with Crippen molar-refractivity contribution in [2.24, 2.45) is 0 Å². The Morgan fingerprint density at radius 3 is 2.67 bits per heavy atom. The standard InChI is InChI=1S/C9H8Cl2N4O2S/c10-5-1-2-6(11)7(3-5)15-18(16,17)8-4-13-14-9(8)12/h1-4,15H,(H3,12,13,14). The minimum Gasteiger partial charge on any atom is -0.383 e. The molecule has 0 spiro atoms. The van der Waals surface area contributed by atoms with Gasteiger partial charge in [-0.3, -0.25) is 9.82 Å². The Balaban J connectivity index is 2.40. The first-order valence-corrected chi connectivity index (χ1v) is 6.91. The van der Waals surface area contributed by atoms with E-state index in [-0.39, 0.29) is 21.4 Å². The van der Waals surface area contributed by atoms with Crippen molar-refractivity contribution in [1.29, 1.82) is 0 Å². The minimum atomic E-state index is -3.85. The molecule has 0 saturated carbocycles. The Kier molecular flexibility index (Phi) is 3.38. The number of nitrogen functional groups attached to an aromatic ring is 1. The molecule has 0 saturated heterocycles. The molecule has 96 valence electrons. The number of aromatic amines is 1. The summed E-state index contributed by atoms with van der Waals surface area (Å²) in [5.41, 5.74) is 5.62. The van der Waals surface area contributed by atoms with E-state index in [0.29, 0.717) is 5.02 Å². The summed E-state index contributed by atoms with van der Waals surface area (Å²) in [6.07, 6.45) is 1.11. The molecule has 6 nitrogen and oxygen atoms in total. The largest absolute Gasteiger partial charge is 0.383 e. The van der Waals surface area contributed by atoms with Crippen LogP contribution in [0.2, 0.25) is 10.0 Å². The number of nitrogens with zero attached hydrogens (tertiary/aromatic N) is 1. The van der Waals surface area contributed by atoms with E-state index in [1.54, 1.807) is 6.07 Å². The number of nitrogens with one attached hydrogen (secondary N) is 2. The normalized spacial score (nSPS) is 11.4. The van der Waals surface area contributed by atoms with Crippen molar-refractivity contribution in [1.82, 2.24) is 10.2 Å². The van der Waals surface area contributed by atoms with Gasteiger partial charge in [0, 0.05) is 5.02 Å². The molecule has 0 fully saturated rings. The molecule has 0 amide bonds. The van der Waals surface area contributed by atoms with Crippen LogP contribution in [0, 0.1) is 0 Å². The average Bonchev–Trinajstić information content (AvgIpc) is 2.70. The van der Waals surface area contributed by atoms with Gasteiger partial charge in [-0.2, -0.15) is 5.10 Å². The van der Waals surface area contributed by atoms with Crippen LogP contribution < -0.4 is 10.5 Å². The van der Waals surface area contributed by atoms with E-state index in [1.165, 1.54) is 12.1 Å². The van der Waals surface area contributed by atoms with Gasteiger partial charge in [-0.1, -0.05) is 23.2 Å². The second kappa shape index (κ2) is 4.68. The van der Waals surface area contributed by atoms with Gasteiger partial charge in [0.05, 0.1) is 16.9 Å². The third-order valence-electron chi connectivity index (χ3n) is 2.09. The highest BCUT2D eigenvalue weighted by atomic mass is 35.5. The molecule has 0 atom stereocenters. The first-order valence-electron chi connectivity index (χ1n) is 4.67. The SMILES string of the molecule is Nc1[nH]ncc1S(=O)(=O)Nc1cc(Cl)ccc1Cl. The van der Waals surface area contributed by atoms with Crippen LogP contribution in [0.5, 0.6) is 0 Å². The van der Waals surface area contributed by atoms with E-state index in [9.17, 15) is 8.42 Å². The highest BCUT2D eigenvalue weighted by Gasteiger charge is 2.20. The molecule has 1 heterocycles. The van der Waals surface area contributed by atoms with Crippen LogP contribution in [-0.4, -0.2) is 18.6 Å². The number of sulfonamides is 1. The number of hydrogen-bond acceptors (Lipinski definition) is 4. The van der Waals surface area contributed by atoms with Gasteiger partial charge in [-0.25, -0.2) is 8.42 Å². The van der Waals surface area contributed by atoms with Crippen LogP contribution in [0.15, 0.2) is 29.3 Å². The van der Waals surface area contributed by atoms with Crippen molar-refractivity contribution in [3.63, 3.8) is 0 Å². The van der Waals surface area contributed by atoms with Crippen LogP contribution in [-0.2, 0) is 10.0 Å². The van der Waals surface area contributed by atoms with Crippen molar-refractivity contribution < 1.29 is 8.42 Å². The number of hydrogen-bond donors (Lipinski definition) is 3. The fourth-order valence-corrected chi connectivity index (χ4v) is 2.76. The van der Waals surface area contributed by atoms with Gasteiger partial charge < -0.3 is 5.73 Å². The summed E-state index contributed by atoms with van der Waals surface area (Å²) in [7, 11) is -3.85. The molecule has 4 N–H and O–H groups in total. The lowest BCUT2D eigenvalue weighted by Gasteiger charge is -2.08. The number of anilines is 2. The molecule has 18 heavy (non-hydrogen) atoms. The fraction of sp³-hybridized carbons (Fsp3) is 0. The summed E-state index contributed by atoms with van der Waals surface area (Å²) in [5, 5.41) is 6.46. The molecule has 1 aromatic carbocycles. The van der Waals surface area contributed by atoms with E-state index in [1.807, 2.05) is 0 Å². The highest BCUT2D eigenvalue weighted by Crippen LogP contribution is 2.28. The Bertz CT molecular complexity index is 684. The number of benzene rings is 1. The van der Waals surface area contributed by atoms with Gasteiger partial charge in [-0.05, 0) is 18.2 Å². The van der Waals surface area contributed by atoms with Gasteiger partial charge in [0.1, 0.15) is 10.7 Å². The van der Waals surface area contributed by atoms with Gasteiger partial charge in [0.15, 0.2) is 0 Å². The van der Waals surface area contributed by atoms with E-state index < -0.39 is 10.0 Å². The zero-order valence-electron chi connectivity index (χ0n) is 8.81. The van der Waals surface area contributed by atoms with Crippen molar-refractivity contribution in [3.05, 3.63) is 34.4 Å². The number of halogens is 2. The molecule has 0 bridgehead atoms. The molecular formula is C9H8Cl2N4O2S. The third-order valence-corrected chi connectivity index (χ3v) is 4.05. The molecule has 0 aliphatic rings. The topological polar surface area (TPSA) is 101 Å². The predicted octanol–water partition coefficient (Wildman–Crippen LogP) is 2.10. The number of H-pyrrole nitrogens is 1. The van der Waals surface area contributed by atoms with Crippen LogP contribution in [0.3, 0.4) is 0 Å². The zero-order valence-corrected chi connectivity index (χ0v) is 11.1. The molecule has 0 unspecified atom stereocenters. The predicted molar refractivity (Wildman–Crippen MR) is 70.3 cm³/mol. The van der Waals surface area contributed by atoms with Gasteiger partial charge in [0.25, 0.3) is 10.0 Å². The van der Waals surface area contributed by atoms with Gasteiger partial charge >= 0.3 is 0 Å². The quantitative estimate of drug-likeness (QED) is 0.808. The monoisotopic (exact) mass is 306 g/mol. The average molecular weight is 307 g/mol. The lowest BCUT2D eigenvalue weighted by molar-refractivity contribution is 0.601. The molecule has 9 heteroatoms. The summed E-state index contributed by atoms with van der Waals surface area (Å²) >= 11 is 11.6. The zero-order chi connectivity index (χ0) is 13.3. The number of aromatic nitrogens is 2. The summed E-state index contributed by atoms with van der Waals surface area (Å²) in [6.45, 7) is 0. The molecule has 2 rings (SSSR count). The molecule has 0 radical (unpaired) electrons. The van der Waals surface area contributed by atoms with E-state index >= 15 is 0 Å². The molecule has 0 aliphatic carbocycles. The Hall–Kier alpha value is -1.44. The summed E-state index contributed by atoms with van der Waals surface area (Å²) < 4.78 is 26.3. The van der Waals surface area contributed by atoms with E-state index in [2.05, 4.69) is 14.9 Å². The number of rotatable bonds is 3. The minimum absolute atomic E-state index is 0.0550. The second-order valence-corrected chi connectivity index (χ2v) is 5.87. The fourth-order valence-electron chi connectivity index (χ4n) is 1.27. The maximum Gasteiger partial charge on any atom is 0.267 e. The Morgan fingerprint density at radius 2 is 2.06 bits per heavy atom. The van der Waals surface area contributed by atoms with E-state index in [0.717, 1.165) is 6.20 Å². The summed E-state index contributed by atoms with van der Waals surface area (Å²) in [6, 6.07) is 4.44. The molecule has 2 aromatic rings. The van der Waals surface area contributed by atoms with Crippen LogP contribution in [0.4, 0.5) is 11.5 Å². The summed E-state index contributed by atoms with van der Waals surface area (Å²) in [4.78, 5) is -0.154. The Labute approximate surface area is 113 Å². The lowest BCUT2D eigenvalue weighted by atomic mass is 10.3. The third kappa shape index (κ3) is 2.53. The van der Waals surface area contributed by atoms with Gasteiger partial charge in [-0.15, -0.1) is 0 Å². The van der Waals surface area contributed by atoms with Crippen LogP contribution >= 0.6 is 23.2 Å². The maximum atomic E-state index is 12.0. The van der Waals surface area contributed by atoms with Crippen molar-refractivity contribution in [2.75, 3.05) is 10.5 Å². The number of nitrogens with two attached hydrogens (primary N) is 1. The van der Waals surface area contributed by atoms with E-state index in [4.69, 9.17) is 28.9 Å². The smallest absolute Gasteiger partial charge is 0.267 e. The highest BCUT2D eigenvalue weighted by molar-refractivity contribution is 7.92. The van der Waals surface area contributed by atoms with Crippen molar-refractivity contribution in [2.45, 2.75) is 4.90 Å². The van der Waals surface area contributed by atoms with Crippen LogP contribution in [0.25, 0.3) is 0 Å². The molecule has 1 aromatic heterocycles. The summed E-state index contributed by atoms with van der Waals surface area (Å²) in [5.74, 6) is -0.0550. The first kappa shape index (κ1) is 13.0. The van der Waals surface area contributed by atoms with Crippen LogP contribution in [0.1, 0.15) is 0 Å². The Morgan fingerprint density at radius 1 is 1.33 bits per heavy atom. The van der Waals surface area contributed by atoms with Crippen molar-refractivity contribution in [3.8, 4) is 0 Å². The lowest BCUT2D eigenvalue weighted by Crippen LogP contribution is -2.14. The first-order chi connectivity index (χ1) is 8.40. The molecular weight excluding hydrogens is 299 g/mol. The maximum absolute atomic E-state index is 12.0.